The molecule has 4 rings (SSSR count). The van der Waals surface area contributed by atoms with Crippen LogP contribution in [0.25, 0.3) is 16.3 Å². The van der Waals surface area contributed by atoms with E-state index in [9.17, 15) is 9.59 Å². The molecule has 0 atom stereocenters. The van der Waals surface area contributed by atoms with Crippen LogP contribution in [0.15, 0.2) is 53.9 Å². The van der Waals surface area contributed by atoms with Crippen molar-refractivity contribution in [2.24, 2.45) is 0 Å². The van der Waals surface area contributed by atoms with Crippen LogP contribution in [0.2, 0.25) is 10.0 Å². The molecule has 0 fully saturated rings. The Labute approximate surface area is 185 Å². The number of thiazole rings is 1. The third-order valence-electron chi connectivity index (χ3n) is 4.23. The Bertz CT molecular complexity index is 1200. The minimum atomic E-state index is -0.737. The van der Waals surface area contributed by atoms with Crippen LogP contribution in [0.5, 0.6) is 0 Å². The molecule has 2 aromatic heterocycles. The first-order chi connectivity index (χ1) is 14.5. The number of anilines is 1. The molecule has 0 radical (unpaired) electrons. The van der Waals surface area contributed by atoms with E-state index in [1.165, 1.54) is 11.3 Å². The zero-order chi connectivity index (χ0) is 21.1. The van der Waals surface area contributed by atoms with Gasteiger partial charge >= 0.3 is 11.8 Å². The van der Waals surface area contributed by atoms with E-state index in [4.69, 9.17) is 23.2 Å². The zero-order valence-electron chi connectivity index (χ0n) is 15.4. The summed E-state index contributed by atoms with van der Waals surface area (Å²) in [4.78, 5) is 29.3. The second-order valence-corrected chi connectivity index (χ2v) is 8.04. The largest absolute Gasteiger partial charge is 0.347 e. The summed E-state index contributed by atoms with van der Waals surface area (Å²) in [7, 11) is 0. The lowest BCUT2D eigenvalue weighted by atomic mass is 10.2. The number of nitrogens with zero attached hydrogens (tertiary/aromatic N) is 3. The SMILES string of the molecule is O=C(NCCc1csc2nc(-c3ccc(Cl)cc3)nn12)C(=O)Nc1ccc(Cl)cc1. The molecule has 2 heterocycles. The molecular formula is C20H15Cl2N5O2S. The molecule has 2 aromatic carbocycles. The first-order valence-corrected chi connectivity index (χ1v) is 10.6. The molecule has 0 spiro atoms. The quantitative estimate of drug-likeness (QED) is 0.440. The highest BCUT2D eigenvalue weighted by atomic mass is 35.5. The highest BCUT2D eigenvalue weighted by molar-refractivity contribution is 7.15. The standard InChI is InChI=1S/C20H15Cl2N5O2S/c21-13-3-1-12(2-4-13)17-25-20-27(26-17)16(11-30-20)9-10-23-18(28)19(29)24-15-7-5-14(22)6-8-15/h1-8,11H,9-10H2,(H,23,28)(H,24,29). The Morgan fingerprint density at radius 1 is 0.967 bits per heavy atom. The minimum Gasteiger partial charge on any atom is -0.347 e. The molecule has 2 N–H and O–H groups in total. The van der Waals surface area contributed by atoms with Crippen LogP contribution in [0.1, 0.15) is 5.69 Å². The molecular weight excluding hydrogens is 445 g/mol. The van der Waals surface area contributed by atoms with Gasteiger partial charge in [0.15, 0.2) is 5.82 Å². The van der Waals surface area contributed by atoms with E-state index in [0.717, 1.165) is 16.2 Å². The third kappa shape index (κ3) is 4.62. The summed E-state index contributed by atoms with van der Waals surface area (Å²) >= 11 is 13.2. The predicted octanol–water partition coefficient (Wildman–Crippen LogP) is 4.06. The van der Waals surface area contributed by atoms with Crippen molar-refractivity contribution in [2.45, 2.75) is 6.42 Å². The Morgan fingerprint density at radius 2 is 1.63 bits per heavy atom. The van der Waals surface area contributed by atoms with Crippen molar-refractivity contribution in [3.63, 3.8) is 0 Å². The molecule has 30 heavy (non-hydrogen) atoms. The first-order valence-electron chi connectivity index (χ1n) is 8.93. The van der Waals surface area contributed by atoms with Crippen molar-refractivity contribution in [3.05, 3.63) is 69.7 Å². The molecule has 10 heteroatoms. The normalized spacial score (nSPS) is 10.9. The minimum absolute atomic E-state index is 0.287. The number of nitrogens with one attached hydrogen (secondary N) is 2. The monoisotopic (exact) mass is 459 g/mol. The van der Waals surface area contributed by atoms with Gasteiger partial charge in [-0.3, -0.25) is 9.59 Å². The van der Waals surface area contributed by atoms with Crippen LogP contribution >= 0.6 is 34.5 Å². The van der Waals surface area contributed by atoms with Crippen LogP contribution in [-0.4, -0.2) is 33.0 Å². The summed E-state index contributed by atoms with van der Waals surface area (Å²) < 4.78 is 1.74. The lowest BCUT2D eigenvalue weighted by Gasteiger charge is -2.06. The summed E-state index contributed by atoms with van der Waals surface area (Å²) in [5.74, 6) is -0.846. The Hall–Kier alpha value is -2.94. The summed E-state index contributed by atoms with van der Waals surface area (Å²) in [6.45, 7) is 0.287. The summed E-state index contributed by atoms with van der Waals surface area (Å²) in [5.41, 5.74) is 2.26. The van der Waals surface area contributed by atoms with E-state index in [1.807, 2.05) is 17.5 Å². The number of fused-ring (bicyclic) bond motifs is 1. The van der Waals surface area contributed by atoms with E-state index < -0.39 is 11.8 Å². The highest BCUT2D eigenvalue weighted by Crippen LogP contribution is 2.22. The number of aromatic nitrogens is 3. The smallest absolute Gasteiger partial charge is 0.313 e. The topological polar surface area (TPSA) is 88.4 Å². The van der Waals surface area contributed by atoms with Gasteiger partial charge in [0.05, 0.1) is 5.69 Å². The van der Waals surface area contributed by atoms with Crippen LogP contribution in [-0.2, 0) is 16.0 Å². The maximum absolute atomic E-state index is 12.0. The van der Waals surface area contributed by atoms with E-state index in [0.29, 0.717) is 28.0 Å². The second kappa shape index (κ2) is 8.83. The summed E-state index contributed by atoms with van der Waals surface area (Å²) in [6, 6.07) is 13.8. The van der Waals surface area contributed by atoms with Gasteiger partial charge in [0.25, 0.3) is 0 Å². The molecule has 0 saturated carbocycles. The van der Waals surface area contributed by atoms with Crippen molar-refractivity contribution in [3.8, 4) is 11.4 Å². The zero-order valence-corrected chi connectivity index (χ0v) is 17.8. The summed E-state index contributed by atoms with van der Waals surface area (Å²) in [6.07, 6.45) is 0.503. The molecule has 0 unspecified atom stereocenters. The Morgan fingerprint density at radius 3 is 2.33 bits per heavy atom. The number of amides is 2. The first kappa shape index (κ1) is 20.3. The van der Waals surface area contributed by atoms with Crippen LogP contribution in [0.4, 0.5) is 5.69 Å². The van der Waals surface area contributed by atoms with Crippen LogP contribution < -0.4 is 10.6 Å². The average molecular weight is 460 g/mol. The average Bonchev–Trinajstić information content (AvgIpc) is 3.32. The van der Waals surface area contributed by atoms with Gasteiger partial charge in [0, 0.05) is 39.6 Å². The van der Waals surface area contributed by atoms with Gasteiger partial charge in [-0.05, 0) is 48.5 Å². The van der Waals surface area contributed by atoms with Gasteiger partial charge in [-0.2, -0.15) is 4.98 Å². The lowest BCUT2D eigenvalue weighted by molar-refractivity contribution is -0.136. The van der Waals surface area contributed by atoms with Gasteiger partial charge in [-0.25, -0.2) is 4.52 Å². The van der Waals surface area contributed by atoms with Gasteiger partial charge in [-0.1, -0.05) is 23.2 Å². The molecule has 0 saturated heterocycles. The van der Waals surface area contributed by atoms with E-state index in [2.05, 4.69) is 20.7 Å². The van der Waals surface area contributed by atoms with Gasteiger partial charge in [0.2, 0.25) is 4.96 Å². The number of hydrogen-bond acceptors (Lipinski definition) is 5. The summed E-state index contributed by atoms with van der Waals surface area (Å²) in [5, 5.41) is 12.8. The second-order valence-electron chi connectivity index (χ2n) is 6.33. The molecule has 2 amide bonds. The van der Waals surface area contributed by atoms with Gasteiger partial charge < -0.3 is 10.6 Å². The maximum Gasteiger partial charge on any atom is 0.313 e. The fraction of sp³-hybridized carbons (Fsp3) is 0.100. The lowest BCUT2D eigenvalue weighted by Crippen LogP contribution is -2.36. The molecule has 7 nitrogen and oxygen atoms in total. The van der Waals surface area contributed by atoms with Crippen molar-refractivity contribution >= 4 is 57.0 Å². The van der Waals surface area contributed by atoms with Crippen LogP contribution in [0, 0.1) is 0 Å². The number of hydrogen-bond donors (Lipinski definition) is 2. The molecule has 152 valence electrons. The molecule has 0 aliphatic heterocycles. The van der Waals surface area contributed by atoms with Crippen molar-refractivity contribution in [1.82, 2.24) is 19.9 Å². The van der Waals surface area contributed by atoms with E-state index >= 15 is 0 Å². The number of rotatable bonds is 5. The molecule has 4 aromatic rings. The number of halogens is 2. The van der Waals surface area contributed by atoms with Crippen molar-refractivity contribution in [1.29, 1.82) is 0 Å². The fourth-order valence-corrected chi connectivity index (χ4v) is 3.83. The molecule has 0 aliphatic carbocycles. The van der Waals surface area contributed by atoms with Crippen molar-refractivity contribution in [2.75, 3.05) is 11.9 Å². The van der Waals surface area contributed by atoms with Crippen LogP contribution in [0.3, 0.4) is 0 Å². The van der Waals surface area contributed by atoms with E-state index in [-0.39, 0.29) is 6.54 Å². The maximum atomic E-state index is 12.0. The molecule has 0 aliphatic rings. The third-order valence-corrected chi connectivity index (χ3v) is 5.60. The predicted molar refractivity (Wildman–Crippen MR) is 118 cm³/mol. The Balaban J connectivity index is 1.35. The number of carbonyl (C=O) groups excluding carboxylic acids is 2. The van der Waals surface area contributed by atoms with Gasteiger partial charge in [-0.15, -0.1) is 16.4 Å². The fourth-order valence-electron chi connectivity index (χ4n) is 2.72. The highest BCUT2D eigenvalue weighted by Gasteiger charge is 2.15. The van der Waals surface area contributed by atoms with E-state index in [1.54, 1.807) is 40.9 Å². The number of carbonyl (C=O) groups is 2. The Kier molecular flexibility index (Phi) is 5.98. The van der Waals surface area contributed by atoms with Gasteiger partial charge in [0.1, 0.15) is 0 Å². The van der Waals surface area contributed by atoms with Crippen molar-refractivity contribution < 1.29 is 9.59 Å². The number of benzene rings is 2. The molecule has 0 bridgehead atoms.